The van der Waals surface area contributed by atoms with Crippen LogP contribution in [0.1, 0.15) is 12.6 Å². The van der Waals surface area contributed by atoms with Crippen molar-refractivity contribution >= 4 is 46.3 Å². The molecule has 33 heavy (non-hydrogen) atoms. The number of anilines is 4. The number of nitrogens with one attached hydrogen (secondary N) is 2. The van der Waals surface area contributed by atoms with Crippen LogP contribution in [0, 0.1) is 0 Å². The summed E-state index contributed by atoms with van der Waals surface area (Å²) >= 11 is 0. The SMILES string of the molecule is C=C1N=CN(c2cc3cc(Nc4cc5n(n4)CC(=O)NCC5)ncc3c(N)n2)C(C)=C1CO. The molecule has 2 aliphatic heterocycles. The van der Waals surface area contributed by atoms with E-state index in [1.54, 1.807) is 22.1 Å². The second-order valence-electron chi connectivity index (χ2n) is 7.84. The molecule has 5 N–H and O–H groups in total. The van der Waals surface area contributed by atoms with Crippen LogP contribution in [-0.2, 0) is 17.8 Å². The van der Waals surface area contributed by atoms with Gasteiger partial charge in [-0.15, -0.1) is 0 Å². The molecule has 168 valence electrons. The third-order valence-corrected chi connectivity index (χ3v) is 5.73. The Morgan fingerprint density at radius 3 is 2.97 bits per heavy atom. The molecule has 0 saturated carbocycles. The molecule has 2 aliphatic rings. The average Bonchev–Trinajstić information content (AvgIpc) is 3.05. The molecule has 5 heterocycles. The van der Waals surface area contributed by atoms with Crippen LogP contribution >= 0.6 is 0 Å². The van der Waals surface area contributed by atoms with E-state index < -0.39 is 0 Å². The number of aliphatic hydroxyl groups excluding tert-OH is 1. The number of rotatable bonds is 4. The molecule has 0 unspecified atom stereocenters. The number of nitrogens with zero attached hydrogens (tertiary/aromatic N) is 6. The minimum absolute atomic E-state index is 0.0544. The smallest absolute Gasteiger partial charge is 0.241 e. The van der Waals surface area contributed by atoms with E-state index in [2.05, 4.69) is 37.3 Å². The van der Waals surface area contributed by atoms with Gasteiger partial charge in [0.2, 0.25) is 5.91 Å². The number of aliphatic imine (C=N–C) groups is 1. The van der Waals surface area contributed by atoms with Gasteiger partial charge in [0.1, 0.15) is 30.3 Å². The van der Waals surface area contributed by atoms with Gasteiger partial charge in [-0.25, -0.2) is 15.0 Å². The Morgan fingerprint density at radius 1 is 1.30 bits per heavy atom. The number of pyridine rings is 2. The van der Waals surface area contributed by atoms with Gasteiger partial charge in [0.15, 0.2) is 5.82 Å². The largest absolute Gasteiger partial charge is 0.392 e. The molecule has 0 aromatic carbocycles. The first-order valence-electron chi connectivity index (χ1n) is 10.4. The van der Waals surface area contributed by atoms with Crippen LogP contribution in [-0.4, -0.2) is 50.3 Å². The summed E-state index contributed by atoms with van der Waals surface area (Å²) in [6, 6.07) is 5.66. The summed E-state index contributed by atoms with van der Waals surface area (Å²) in [6.45, 7) is 6.34. The van der Waals surface area contributed by atoms with Crippen molar-refractivity contribution in [2.45, 2.75) is 19.9 Å². The van der Waals surface area contributed by atoms with Crippen molar-refractivity contribution in [3.63, 3.8) is 0 Å². The van der Waals surface area contributed by atoms with Crippen molar-refractivity contribution < 1.29 is 9.90 Å². The second-order valence-corrected chi connectivity index (χ2v) is 7.84. The third kappa shape index (κ3) is 3.78. The van der Waals surface area contributed by atoms with Gasteiger partial charge in [-0.05, 0) is 24.4 Å². The molecule has 0 aliphatic carbocycles. The Kier molecular flexibility index (Phi) is 5.02. The number of fused-ring (bicyclic) bond motifs is 2. The molecule has 11 heteroatoms. The number of allylic oxidation sites excluding steroid dienone is 1. The number of amides is 1. The number of hydrogen-bond donors (Lipinski definition) is 4. The first kappa shape index (κ1) is 20.6. The highest BCUT2D eigenvalue weighted by Gasteiger charge is 2.20. The molecule has 0 spiro atoms. The number of hydrogen-bond acceptors (Lipinski definition) is 9. The van der Waals surface area contributed by atoms with Crippen molar-refractivity contribution in [1.82, 2.24) is 25.1 Å². The second kappa shape index (κ2) is 8.02. The van der Waals surface area contributed by atoms with Crippen molar-refractivity contribution in [2.24, 2.45) is 4.99 Å². The number of nitrogen functional groups attached to an aromatic ring is 1. The maximum atomic E-state index is 11.8. The molecule has 0 fully saturated rings. The highest BCUT2D eigenvalue weighted by Crippen LogP contribution is 2.31. The zero-order valence-corrected chi connectivity index (χ0v) is 18.0. The van der Waals surface area contributed by atoms with Gasteiger partial charge in [-0.3, -0.25) is 14.4 Å². The van der Waals surface area contributed by atoms with Crippen LogP contribution in [0.4, 0.5) is 23.3 Å². The molecule has 3 aromatic heterocycles. The van der Waals surface area contributed by atoms with Gasteiger partial charge < -0.3 is 21.5 Å². The topological polar surface area (TPSA) is 147 Å². The van der Waals surface area contributed by atoms with Crippen LogP contribution in [0.3, 0.4) is 0 Å². The maximum absolute atomic E-state index is 11.8. The summed E-state index contributed by atoms with van der Waals surface area (Å²) in [7, 11) is 0. The quantitative estimate of drug-likeness (QED) is 0.472. The molecule has 5 rings (SSSR count). The van der Waals surface area contributed by atoms with Gasteiger partial charge in [-0.2, -0.15) is 5.10 Å². The van der Waals surface area contributed by atoms with E-state index in [-0.39, 0.29) is 19.1 Å². The zero-order valence-electron chi connectivity index (χ0n) is 18.0. The summed E-state index contributed by atoms with van der Waals surface area (Å²) in [5, 5.41) is 21.7. The van der Waals surface area contributed by atoms with Gasteiger partial charge >= 0.3 is 0 Å². The summed E-state index contributed by atoms with van der Waals surface area (Å²) in [6.07, 6.45) is 3.98. The molecular weight excluding hydrogens is 422 g/mol. The van der Waals surface area contributed by atoms with Crippen molar-refractivity contribution in [2.75, 3.05) is 29.1 Å². The van der Waals surface area contributed by atoms with Crippen LogP contribution < -0.4 is 21.3 Å². The highest BCUT2D eigenvalue weighted by molar-refractivity contribution is 5.96. The minimum atomic E-state index is -0.171. The Bertz CT molecular complexity index is 1360. The lowest BCUT2D eigenvalue weighted by Crippen LogP contribution is -2.26. The lowest BCUT2D eigenvalue weighted by Gasteiger charge is -2.26. The molecule has 0 atom stereocenters. The van der Waals surface area contributed by atoms with E-state index in [0.29, 0.717) is 52.9 Å². The van der Waals surface area contributed by atoms with E-state index >= 15 is 0 Å². The number of carbonyl (C=O) groups is 1. The maximum Gasteiger partial charge on any atom is 0.241 e. The fourth-order valence-electron chi connectivity index (χ4n) is 3.94. The number of nitrogens with two attached hydrogens (primary N) is 1. The highest BCUT2D eigenvalue weighted by atomic mass is 16.3. The van der Waals surface area contributed by atoms with Gasteiger partial charge in [0.05, 0.1) is 12.3 Å². The molecule has 1 amide bonds. The molecule has 0 bridgehead atoms. The van der Waals surface area contributed by atoms with E-state index in [4.69, 9.17) is 5.73 Å². The number of carbonyl (C=O) groups excluding carboxylic acids is 1. The standard InChI is InChI=1S/C22H23N9O2/c1-12-17(10-32)13(2)30(11-26-12)20-6-14-5-18(25-8-16(14)22(23)28-20)27-19-7-15-3-4-24-21(33)9-31(15)29-19/h5-8,11,32H,1,3-4,9-10H2,2H3,(H2,23,28)(H,24,33)(H,25,27,29). The Hall–Kier alpha value is -4.25. The van der Waals surface area contributed by atoms with Crippen LogP contribution in [0.2, 0.25) is 0 Å². The lowest BCUT2D eigenvalue weighted by molar-refractivity contribution is -0.121. The third-order valence-electron chi connectivity index (χ3n) is 5.73. The summed E-state index contributed by atoms with van der Waals surface area (Å²) in [5.74, 6) is 2.04. The minimum Gasteiger partial charge on any atom is -0.392 e. The number of aromatic nitrogens is 4. The molecule has 11 nitrogen and oxygen atoms in total. The predicted molar refractivity (Wildman–Crippen MR) is 126 cm³/mol. The Morgan fingerprint density at radius 2 is 2.15 bits per heavy atom. The summed E-state index contributed by atoms with van der Waals surface area (Å²) in [4.78, 5) is 26.7. The van der Waals surface area contributed by atoms with Crippen molar-refractivity contribution in [3.05, 3.63) is 53.6 Å². The summed E-state index contributed by atoms with van der Waals surface area (Å²) in [5.41, 5.74) is 9.13. The fraction of sp³-hybridized carbons (Fsp3) is 0.227. The van der Waals surface area contributed by atoms with Crippen LogP contribution in [0.25, 0.3) is 10.8 Å². The first-order chi connectivity index (χ1) is 15.9. The monoisotopic (exact) mass is 445 g/mol. The van der Waals surface area contributed by atoms with E-state index in [1.807, 2.05) is 25.1 Å². The molecule has 0 saturated heterocycles. The molecular formula is C22H23N9O2. The Labute approximate surface area is 189 Å². The number of aliphatic hydroxyl groups is 1. The van der Waals surface area contributed by atoms with Crippen molar-refractivity contribution in [1.29, 1.82) is 0 Å². The normalized spacial score (nSPS) is 16.1. The van der Waals surface area contributed by atoms with E-state index in [0.717, 1.165) is 16.8 Å². The van der Waals surface area contributed by atoms with Crippen LogP contribution in [0.15, 0.2) is 52.9 Å². The molecule has 0 radical (unpaired) electrons. The zero-order chi connectivity index (χ0) is 23.1. The Balaban J connectivity index is 1.48. The lowest BCUT2D eigenvalue weighted by atomic mass is 10.1. The first-order valence-corrected chi connectivity index (χ1v) is 10.4. The predicted octanol–water partition coefficient (Wildman–Crippen LogP) is 1.45. The molecule has 3 aromatic rings. The van der Waals surface area contributed by atoms with Gasteiger partial charge in [0, 0.05) is 47.6 Å². The average molecular weight is 445 g/mol. The summed E-state index contributed by atoms with van der Waals surface area (Å²) < 4.78 is 1.70. The fourth-order valence-corrected chi connectivity index (χ4v) is 3.94. The van der Waals surface area contributed by atoms with E-state index in [9.17, 15) is 9.90 Å². The van der Waals surface area contributed by atoms with Gasteiger partial charge in [0.25, 0.3) is 0 Å². The van der Waals surface area contributed by atoms with Crippen LogP contribution in [0.5, 0.6) is 0 Å². The van der Waals surface area contributed by atoms with Gasteiger partial charge in [-0.1, -0.05) is 6.58 Å². The van der Waals surface area contributed by atoms with Crippen molar-refractivity contribution in [3.8, 4) is 0 Å². The van der Waals surface area contributed by atoms with E-state index in [1.165, 1.54) is 0 Å².